The Labute approximate surface area is 152 Å². The fraction of sp³-hybridized carbons (Fsp3) is 0.120. The second-order valence-electron chi connectivity index (χ2n) is 7.20. The van der Waals surface area contributed by atoms with Gasteiger partial charge in [-0.1, -0.05) is 60.7 Å². The normalized spacial score (nSPS) is 14.0. The molecule has 1 heterocycles. The summed E-state index contributed by atoms with van der Waals surface area (Å²) in [5, 5.41) is 2.60. The van der Waals surface area contributed by atoms with Crippen LogP contribution in [0.15, 0.2) is 72.8 Å². The monoisotopic (exact) mass is 334 g/mol. The number of para-hydroxylation sites is 1. The van der Waals surface area contributed by atoms with Gasteiger partial charge in [-0.05, 0) is 59.0 Å². The van der Waals surface area contributed by atoms with Gasteiger partial charge >= 0.3 is 0 Å². The molecule has 0 atom stereocenters. The van der Waals surface area contributed by atoms with E-state index >= 15 is 0 Å². The fourth-order valence-electron chi connectivity index (χ4n) is 4.80. The van der Waals surface area contributed by atoms with E-state index in [1.165, 1.54) is 50.6 Å². The third-order valence-electron chi connectivity index (χ3n) is 5.81. The van der Waals surface area contributed by atoms with Gasteiger partial charge in [0.2, 0.25) is 0 Å². The number of fused-ring (bicyclic) bond motifs is 4. The van der Waals surface area contributed by atoms with E-state index in [9.17, 15) is 0 Å². The minimum absolute atomic E-state index is 0.981. The molecule has 0 N–H and O–H groups in total. The molecule has 0 unspecified atom stereocenters. The van der Waals surface area contributed by atoms with Crippen molar-refractivity contribution < 1.29 is 4.74 Å². The van der Waals surface area contributed by atoms with E-state index in [0.717, 1.165) is 24.3 Å². The maximum Gasteiger partial charge on any atom is 0.135 e. The molecule has 1 heteroatoms. The van der Waals surface area contributed by atoms with Crippen molar-refractivity contribution in [2.75, 3.05) is 0 Å². The summed E-state index contributed by atoms with van der Waals surface area (Å²) in [6.45, 7) is 0. The van der Waals surface area contributed by atoms with Crippen LogP contribution in [-0.2, 0) is 12.8 Å². The smallest absolute Gasteiger partial charge is 0.135 e. The first-order valence-electron chi connectivity index (χ1n) is 9.35. The predicted molar refractivity (Wildman–Crippen MR) is 107 cm³/mol. The maximum absolute atomic E-state index is 6.30. The Kier molecular flexibility index (Phi) is 2.84. The summed E-state index contributed by atoms with van der Waals surface area (Å²) < 4.78 is 6.30. The molecule has 4 aromatic carbocycles. The molecular weight excluding hydrogens is 316 g/mol. The van der Waals surface area contributed by atoms with Crippen molar-refractivity contribution in [1.29, 1.82) is 0 Å². The first-order valence-corrected chi connectivity index (χ1v) is 9.35. The molecule has 0 spiro atoms. The van der Waals surface area contributed by atoms with Crippen LogP contribution in [-0.4, -0.2) is 0 Å². The van der Waals surface area contributed by atoms with Crippen LogP contribution in [0, 0.1) is 0 Å². The van der Waals surface area contributed by atoms with Crippen molar-refractivity contribution in [2.45, 2.75) is 19.3 Å². The van der Waals surface area contributed by atoms with E-state index in [-0.39, 0.29) is 0 Å². The van der Waals surface area contributed by atoms with Crippen LogP contribution in [0.1, 0.15) is 17.5 Å². The second-order valence-corrected chi connectivity index (χ2v) is 7.20. The van der Waals surface area contributed by atoms with Gasteiger partial charge in [0.25, 0.3) is 0 Å². The molecule has 124 valence electrons. The molecule has 0 amide bonds. The first kappa shape index (κ1) is 14.1. The Balaban J connectivity index is 1.83. The van der Waals surface area contributed by atoms with E-state index in [1.807, 2.05) is 0 Å². The van der Waals surface area contributed by atoms with Crippen LogP contribution in [0.4, 0.5) is 0 Å². The standard InChI is InChI=1S/C25H18O/c1-2-8-16(9-3-1)23-17-11-6-12-18(17)24-19-10-4-5-14-21(19)26-22-15-7-13-20(23)25(22)24/h1-5,7-10,13-15H,6,11-12H2. The van der Waals surface area contributed by atoms with Crippen molar-refractivity contribution >= 4 is 10.8 Å². The number of rotatable bonds is 1. The lowest BCUT2D eigenvalue weighted by atomic mass is 9.83. The molecule has 4 aromatic rings. The SMILES string of the molecule is c1ccc(-c2c3c(c4c5c(cccc25)Oc2ccccc2-4)CCC3)cc1. The van der Waals surface area contributed by atoms with Gasteiger partial charge in [0.1, 0.15) is 11.5 Å². The summed E-state index contributed by atoms with van der Waals surface area (Å²) in [5.41, 5.74) is 8.43. The van der Waals surface area contributed by atoms with Gasteiger partial charge in [-0.25, -0.2) is 0 Å². The minimum Gasteiger partial charge on any atom is -0.456 e. The molecule has 0 radical (unpaired) electrons. The fourth-order valence-corrected chi connectivity index (χ4v) is 4.80. The summed E-state index contributed by atoms with van der Waals surface area (Å²) in [6, 6.07) is 25.8. The lowest BCUT2D eigenvalue weighted by Crippen LogP contribution is -2.02. The highest BCUT2D eigenvalue weighted by Crippen LogP contribution is 2.53. The van der Waals surface area contributed by atoms with Gasteiger partial charge in [-0.2, -0.15) is 0 Å². The van der Waals surface area contributed by atoms with Crippen molar-refractivity contribution in [2.24, 2.45) is 0 Å². The molecule has 0 saturated carbocycles. The molecule has 0 bridgehead atoms. The second kappa shape index (κ2) is 5.22. The summed E-state index contributed by atoms with van der Waals surface area (Å²) >= 11 is 0. The largest absolute Gasteiger partial charge is 0.456 e. The number of ether oxygens (including phenoxy) is 1. The zero-order valence-electron chi connectivity index (χ0n) is 14.5. The van der Waals surface area contributed by atoms with Crippen LogP contribution in [0.25, 0.3) is 33.0 Å². The predicted octanol–water partition coefficient (Wildman–Crippen LogP) is 6.77. The summed E-state index contributed by atoms with van der Waals surface area (Å²) in [6.07, 6.45) is 3.55. The lowest BCUT2D eigenvalue weighted by molar-refractivity contribution is 0.487. The molecule has 2 aliphatic rings. The molecule has 0 aromatic heterocycles. The van der Waals surface area contributed by atoms with E-state index < -0.39 is 0 Å². The van der Waals surface area contributed by atoms with Gasteiger partial charge in [0.15, 0.2) is 0 Å². The van der Waals surface area contributed by atoms with E-state index in [1.54, 1.807) is 0 Å². The summed E-state index contributed by atoms with van der Waals surface area (Å²) in [4.78, 5) is 0. The Morgan fingerprint density at radius 1 is 0.615 bits per heavy atom. The van der Waals surface area contributed by atoms with Crippen LogP contribution in [0.5, 0.6) is 11.5 Å². The quantitative estimate of drug-likeness (QED) is 0.329. The Morgan fingerprint density at radius 3 is 2.23 bits per heavy atom. The van der Waals surface area contributed by atoms with Crippen LogP contribution < -0.4 is 4.74 Å². The van der Waals surface area contributed by atoms with Gasteiger partial charge in [0.05, 0.1) is 0 Å². The van der Waals surface area contributed by atoms with Crippen LogP contribution in [0.2, 0.25) is 0 Å². The topological polar surface area (TPSA) is 9.23 Å². The highest BCUT2D eigenvalue weighted by atomic mass is 16.5. The first-order chi connectivity index (χ1) is 12.9. The van der Waals surface area contributed by atoms with Crippen molar-refractivity contribution in [3.05, 3.63) is 83.9 Å². The number of benzene rings is 4. The average Bonchev–Trinajstić information content (AvgIpc) is 3.18. The summed E-state index contributed by atoms with van der Waals surface area (Å²) in [5.74, 6) is 1.97. The zero-order valence-corrected chi connectivity index (χ0v) is 14.5. The van der Waals surface area contributed by atoms with Gasteiger partial charge in [-0.15, -0.1) is 0 Å². The molecule has 1 aliphatic heterocycles. The lowest BCUT2D eigenvalue weighted by Gasteiger charge is -2.26. The zero-order chi connectivity index (χ0) is 17.1. The number of hydrogen-bond donors (Lipinski definition) is 0. The van der Waals surface area contributed by atoms with Gasteiger partial charge in [0, 0.05) is 16.5 Å². The molecule has 1 nitrogen and oxygen atoms in total. The van der Waals surface area contributed by atoms with Crippen LogP contribution >= 0.6 is 0 Å². The maximum atomic E-state index is 6.30. The molecular formula is C25H18O. The van der Waals surface area contributed by atoms with Crippen molar-refractivity contribution in [3.8, 4) is 33.8 Å². The van der Waals surface area contributed by atoms with Crippen molar-refractivity contribution in [3.63, 3.8) is 0 Å². The Morgan fingerprint density at radius 2 is 1.35 bits per heavy atom. The molecule has 6 rings (SSSR count). The van der Waals surface area contributed by atoms with Gasteiger partial charge < -0.3 is 4.74 Å². The van der Waals surface area contributed by atoms with E-state index in [2.05, 4.69) is 72.8 Å². The molecule has 1 aliphatic carbocycles. The third-order valence-corrected chi connectivity index (χ3v) is 5.81. The molecule has 0 saturated heterocycles. The van der Waals surface area contributed by atoms with E-state index in [0.29, 0.717) is 0 Å². The van der Waals surface area contributed by atoms with Gasteiger partial charge in [-0.3, -0.25) is 0 Å². The Bertz CT molecular complexity index is 1170. The molecule has 26 heavy (non-hydrogen) atoms. The number of hydrogen-bond acceptors (Lipinski definition) is 1. The highest BCUT2D eigenvalue weighted by molar-refractivity contribution is 6.12. The minimum atomic E-state index is 0.981. The highest BCUT2D eigenvalue weighted by Gasteiger charge is 2.29. The van der Waals surface area contributed by atoms with Crippen LogP contribution in [0.3, 0.4) is 0 Å². The average molecular weight is 334 g/mol. The van der Waals surface area contributed by atoms with E-state index in [4.69, 9.17) is 4.74 Å². The Hall–Kier alpha value is -3.06. The van der Waals surface area contributed by atoms with Crippen molar-refractivity contribution in [1.82, 2.24) is 0 Å². The molecule has 0 fully saturated rings. The summed E-state index contributed by atoms with van der Waals surface area (Å²) in [7, 11) is 0. The third kappa shape index (κ3) is 1.80.